The highest BCUT2D eigenvalue weighted by Crippen LogP contribution is 2.22. The van der Waals surface area contributed by atoms with E-state index in [1.807, 2.05) is 36.4 Å². The number of nitrogens with one attached hydrogen (secondary N) is 2. The molecule has 2 heterocycles. The number of nitrogens with zero attached hydrogens (tertiary/aromatic N) is 4. The number of hydrogen-bond acceptors (Lipinski definition) is 4. The van der Waals surface area contributed by atoms with Gasteiger partial charge in [-0.2, -0.15) is 15.5 Å². The summed E-state index contributed by atoms with van der Waals surface area (Å²) >= 11 is 0. The third kappa shape index (κ3) is 3.24. The predicted molar refractivity (Wildman–Crippen MR) is 100 cm³/mol. The Hall–Kier alpha value is -4.25. The first-order valence-electron chi connectivity index (χ1n) is 8.32. The fourth-order valence-corrected chi connectivity index (χ4v) is 2.70. The molecule has 0 aliphatic heterocycles. The zero-order chi connectivity index (χ0) is 19.5. The van der Waals surface area contributed by atoms with Crippen molar-refractivity contribution < 1.29 is 9.18 Å². The Morgan fingerprint density at radius 1 is 1.14 bits per heavy atom. The second-order valence-corrected chi connectivity index (χ2v) is 5.89. The van der Waals surface area contributed by atoms with Crippen LogP contribution in [0.2, 0.25) is 0 Å². The van der Waals surface area contributed by atoms with Gasteiger partial charge in [-0.1, -0.05) is 18.2 Å². The normalized spacial score (nSPS) is 10.4. The number of rotatable bonds is 4. The Kier molecular flexibility index (Phi) is 4.40. The highest BCUT2D eigenvalue weighted by molar-refractivity contribution is 6.03. The number of carbonyl (C=O) groups is 1. The van der Waals surface area contributed by atoms with Gasteiger partial charge in [0, 0.05) is 5.56 Å². The molecule has 8 heteroatoms. The van der Waals surface area contributed by atoms with E-state index in [4.69, 9.17) is 0 Å². The SMILES string of the molecule is N#Cc1cnn(-c2ccccc2)c1NC(=O)c1cc(-c2ccc(F)cc2)n[nH]1. The number of nitriles is 1. The molecule has 0 fully saturated rings. The van der Waals surface area contributed by atoms with Crippen molar-refractivity contribution in [1.29, 1.82) is 5.26 Å². The predicted octanol–water partition coefficient (Wildman–Crippen LogP) is 3.53. The van der Waals surface area contributed by atoms with Gasteiger partial charge in [0.15, 0.2) is 5.82 Å². The summed E-state index contributed by atoms with van der Waals surface area (Å²) in [4.78, 5) is 12.7. The van der Waals surface area contributed by atoms with Gasteiger partial charge in [0.05, 0.1) is 17.6 Å². The van der Waals surface area contributed by atoms with E-state index >= 15 is 0 Å². The van der Waals surface area contributed by atoms with Crippen molar-refractivity contribution in [3.05, 3.63) is 83.9 Å². The molecule has 136 valence electrons. The van der Waals surface area contributed by atoms with E-state index in [0.29, 0.717) is 16.9 Å². The van der Waals surface area contributed by atoms with Gasteiger partial charge in [-0.3, -0.25) is 9.89 Å². The van der Waals surface area contributed by atoms with Gasteiger partial charge in [0.1, 0.15) is 23.1 Å². The summed E-state index contributed by atoms with van der Waals surface area (Å²) in [5, 5.41) is 23.0. The largest absolute Gasteiger partial charge is 0.304 e. The Labute approximate surface area is 159 Å². The summed E-state index contributed by atoms with van der Waals surface area (Å²) < 4.78 is 14.5. The number of benzene rings is 2. The molecule has 0 bridgehead atoms. The molecule has 0 spiro atoms. The molecule has 28 heavy (non-hydrogen) atoms. The van der Waals surface area contributed by atoms with Crippen molar-refractivity contribution in [3.8, 4) is 23.0 Å². The maximum atomic E-state index is 13.1. The standard InChI is InChI=1S/C20H13FN6O/c21-15-8-6-13(7-9-15)17-10-18(26-25-17)20(28)24-19-14(11-22)12-23-27(19)16-4-2-1-3-5-16/h1-10,12H,(H,24,28)(H,25,26). The van der Waals surface area contributed by atoms with Gasteiger partial charge in [0.2, 0.25) is 0 Å². The molecule has 0 saturated heterocycles. The number of hydrogen-bond donors (Lipinski definition) is 2. The van der Waals surface area contributed by atoms with Crippen LogP contribution in [0, 0.1) is 17.1 Å². The minimum absolute atomic E-state index is 0.198. The molecule has 0 unspecified atom stereocenters. The minimum atomic E-state index is -0.477. The lowest BCUT2D eigenvalue weighted by Crippen LogP contribution is -2.16. The molecule has 2 N–H and O–H groups in total. The van der Waals surface area contributed by atoms with Gasteiger partial charge in [-0.25, -0.2) is 9.07 Å². The minimum Gasteiger partial charge on any atom is -0.304 e. The molecule has 0 aliphatic rings. The molecule has 7 nitrogen and oxygen atoms in total. The lowest BCUT2D eigenvalue weighted by atomic mass is 10.1. The Balaban J connectivity index is 1.62. The van der Waals surface area contributed by atoms with Gasteiger partial charge in [-0.05, 0) is 42.5 Å². The molecule has 2 aromatic carbocycles. The molecule has 0 saturated carbocycles. The first-order valence-corrected chi connectivity index (χ1v) is 8.32. The molecule has 4 aromatic rings. The third-order valence-corrected chi connectivity index (χ3v) is 4.08. The maximum absolute atomic E-state index is 13.1. The van der Waals surface area contributed by atoms with Crippen molar-refractivity contribution in [2.45, 2.75) is 0 Å². The number of H-pyrrole nitrogens is 1. The summed E-state index contributed by atoms with van der Waals surface area (Å²) in [5.74, 6) is -0.567. The van der Waals surface area contributed by atoms with Gasteiger partial charge in [-0.15, -0.1) is 0 Å². The molecule has 0 aliphatic carbocycles. The zero-order valence-corrected chi connectivity index (χ0v) is 14.4. The number of amides is 1. The van der Waals surface area contributed by atoms with Crippen LogP contribution in [0.15, 0.2) is 66.9 Å². The number of aromatic nitrogens is 4. The number of carbonyl (C=O) groups excluding carboxylic acids is 1. The topological polar surface area (TPSA) is 99.4 Å². The van der Waals surface area contributed by atoms with Crippen molar-refractivity contribution >= 4 is 11.7 Å². The number of halogens is 1. The summed E-state index contributed by atoms with van der Waals surface area (Å²) in [6.07, 6.45) is 1.39. The lowest BCUT2D eigenvalue weighted by Gasteiger charge is -2.08. The van der Waals surface area contributed by atoms with Gasteiger partial charge < -0.3 is 5.32 Å². The lowest BCUT2D eigenvalue weighted by molar-refractivity contribution is 0.102. The Morgan fingerprint density at radius 3 is 2.61 bits per heavy atom. The van der Waals surface area contributed by atoms with E-state index in [1.165, 1.54) is 23.0 Å². The monoisotopic (exact) mass is 372 g/mol. The molecule has 1 amide bonds. The van der Waals surface area contributed by atoms with Crippen LogP contribution in [0.3, 0.4) is 0 Å². The maximum Gasteiger partial charge on any atom is 0.274 e. The average molecular weight is 372 g/mol. The fourth-order valence-electron chi connectivity index (χ4n) is 2.70. The van der Waals surface area contributed by atoms with Crippen LogP contribution in [0.4, 0.5) is 10.2 Å². The van der Waals surface area contributed by atoms with Crippen LogP contribution in [-0.4, -0.2) is 25.9 Å². The second kappa shape index (κ2) is 7.17. The highest BCUT2D eigenvalue weighted by Gasteiger charge is 2.18. The quantitative estimate of drug-likeness (QED) is 0.572. The Morgan fingerprint density at radius 2 is 1.89 bits per heavy atom. The second-order valence-electron chi connectivity index (χ2n) is 5.89. The molecular formula is C20H13FN6O. The van der Waals surface area contributed by atoms with Crippen molar-refractivity contribution in [1.82, 2.24) is 20.0 Å². The summed E-state index contributed by atoms with van der Waals surface area (Å²) in [6, 6.07) is 18.5. The van der Waals surface area contributed by atoms with Crippen LogP contribution < -0.4 is 5.32 Å². The van der Waals surface area contributed by atoms with Crippen LogP contribution in [0.25, 0.3) is 16.9 Å². The molecule has 0 atom stereocenters. The van der Waals surface area contributed by atoms with E-state index in [-0.39, 0.29) is 22.9 Å². The van der Waals surface area contributed by atoms with Gasteiger partial charge >= 0.3 is 0 Å². The zero-order valence-electron chi connectivity index (χ0n) is 14.4. The highest BCUT2D eigenvalue weighted by atomic mass is 19.1. The first-order chi connectivity index (χ1) is 13.7. The number of anilines is 1. The summed E-state index contributed by atoms with van der Waals surface area (Å²) in [5.41, 5.74) is 2.31. The molecule has 2 aromatic heterocycles. The van der Waals surface area contributed by atoms with Gasteiger partial charge in [0.25, 0.3) is 5.91 Å². The number of para-hydroxylation sites is 1. The van der Waals surface area contributed by atoms with Crippen LogP contribution >= 0.6 is 0 Å². The third-order valence-electron chi connectivity index (χ3n) is 4.08. The Bertz CT molecular complexity index is 1170. The smallest absolute Gasteiger partial charge is 0.274 e. The first kappa shape index (κ1) is 17.2. The van der Waals surface area contributed by atoms with E-state index in [2.05, 4.69) is 20.6 Å². The van der Waals surface area contributed by atoms with Crippen LogP contribution in [-0.2, 0) is 0 Å². The van der Waals surface area contributed by atoms with Crippen molar-refractivity contribution in [2.24, 2.45) is 0 Å². The van der Waals surface area contributed by atoms with E-state index in [9.17, 15) is 14.4 Å². The average Bonchev–Trinajstić information content (AvgIpc) is 3.36. The van der Waals surface area contributed by atoms with Crippen LogP contribution in [0.5, 0.6) is 0 Å². The van der Waals surface area contributed by atoms with E-state index in [0.717, 1.165) is 0 Å². The van der Waals surface area contributed by atoms with Crippen molar-refractivity contribution in [3.63, 3.8) is 0 Å². The number of aromatic amines is 1. The van der Waals surface area contributed by atoms with E-state index in [1.54, 1.807) is 18.2 Å². The summed E-state index contributed by atoms with van der Waals surface area (Å²) in [7, 11) is 0. The van der Waals surface area contributed by atoms with Crippen molar-refractivity contribution in [2.75, 3.05) is 5.32 Å². The van der Waals surface area contributed by atoms with E-state index < -0.39 is 5.91 Å². The fraction of sp³-hybridized carbons (Fsp3) is 0. The summed E-state index contributed by atoms with van der Waals surface area (Å²) in [6.45, 7) is 0. The van der Waals surface area contributed by atoms with Crippen LogP contribution in [0.1, 0.15) is 16.1 Å². The molecule has 0 radical (unpaired) electrons. The molecular weight excluding hydrogens is 359 g/mol. The molecule has 4 rings (SSSR count).